The lowest BCUT2D eigenvalue weighted by atomic mass is 10.1. The van der Waals surface area contributed by atoms with Crippen LogP contribution in [0, 0.1) is 13.8 Å². The van der Waals surface area contributed by atoms with Crippen LogP contribution in [0.15, 0.2) is 97.8 Å². The summed E-state index contributed by atoms with van der Waals surface area (Å²) in [5.41, 5.74) is 5.28. The Morgan fingerprint density at radius 1 is 0.569 bits per heavy atom. The second-order valence-corrected chi connectivity index (χ2v) is 13.1. The maximum Gasteiger partial charge on any atom is 0.343 e. The monoisotopic (exact) mass is 693 g/mol. The molecular weight excluding hydrogens is 638 g/mol. The van der Waals surface area contributed by atoms with Crippen LogP contribution in [0.5, 0.6) is 17.2 Å². The number of nitrogens with zero attached hydrogens (tertiary/aromatic N) is 1. The van der Waals surface area contributed by atoms with Gasteiger partial charge in [-0.25, -0.2) is 9.59 Å². The summed E-state index contributed by atoms with van der Waals surface area (Å²) >= 11 is 0. The first-order valence-corrected chi connectivity index (χ1v) is 18.6. The molecule has 7 nitrogen and oxygen atoms in total. The molecule has 0 atom stereocenters. The molecule has 0 radical (unpaired) electrons. The van der Waals surface area contributed by atoms with Gasteiger partial charge in [-0.15, -0.1) is 0 Å². The van der Waals surface area contributed by atoms with E-state index in [1.54, 1.807) is 12.1 Å². The molecule has 1 aromatic heterocycles. The van der Waals surface area contributed by atoms with Crippen molar-refractivity contribution >= 4 is 11.9 Å². The molecule has 0 fully saturated rings. The van der Waals surface area contributed by atoms with Crippen LogP contribution >= 0.6 is 0 Å². The van der Waals surface area contributed by atoms with Gasteiger partial charge >= 0.3 is 11.9 Å². The highest BCUT2D eigenvalue weighted by molar-refractivity contribution is 5.91. The molecule has 0 aliphatic carbocycles. The number of esters is 2. The molecule has 51 heavy (non-hydrogen) atoms. The predicted molar refractivity (Wildman–Crippen MR) is 205 cm³/mol. The normalized spacial score (nSPS) is 10.9. The second-order valence-electron chi connectivity index (χ2n) is 13.1. The number of hydrogen-bond acceptors (Lipinski definition) is 6. The van der Waals surface area contributed by atoms with Crippen LogP contribution in [0.1, 0.15) is 98.5 Å². The van der Waals surface area contributed by atoms with Gasteiger partial charge in [-0.3, -0.25) is 0 Å². The largest absolute Gasteiger partial charge is 0.494 e. The third-order valence-corrected chi connectivity index (χ3v) is 8.98. The van der Waals surface area contributed by atoms with Crippen molar-refractivity contribution in [1.82, 2.24) is 4.57 Å². The Morgan fingerprint density at radius 2 is 1.00 bits per heavy atom. The van der Waals surface area contributed by atoms with Gasteiger partial charge in [0.1, 0.15) is 17.2 Å². The van der Waals surface area contributed by atoms with Gasteiger partial charge in [0.2, 0.25) is 0 Å². The van der Waals surface area contributed by atoms with Gasteiger partial charge < -0.3 is 23.5 Å². The Labute approximate surface area is 304 Å². The Bertz CT molecular complexity index is 1590. The molecule has 0 bridgehead atoms. The highest BCUT2D eigenvalue weighted by Crippen LogP contribution is 2.25. The molecular formula is C44H55NO6. The van der Waals surface area contributed by atoms with Gasteiger partial charge in [-0.05, 0) is 117 Å². The molecule has 3 aromatic carbocycles. The zero-order valence-corrected chi connectivity index (χ0v) is 30.6. The summed E-state index contributed by atoms with van der Waals surface area (Å²) in [6, 6.07) is 22.8. The number of ether oxygens (including phenoxy) is 4. The molecule has 0 saturated carbocycles. The van der Waals surface area contributed by atoms with E-state index in [1.807, 2.05) is 48.5 Å². The lowest BCUT2D eigenvalue weighted by Gasteiger charge is -2.09. The second kappa shape index (κ2) is 22.1. The minimum absolute atomic E-state index is 0.342. The highest BCUT2D eigenvalue weighted by atomic mass is 16.5. The molecule has 1 heterocycles. The summed E-state index contributed by atoms with van der Waals surface area (Å²) in [5.74, 6) is 1.37. The van der Waals surface area contributed by atoms with Crippen LogP contribution in [0.25, 0.3) is 11.1 Å². The molecule has 272 valence electrons. The topological polar surface area (TPSA) is 76.0 Å². The van der Waals surface area contributed by atoms with Gasteiger partial charge in [-0.2, -0.15) is 0 Å². The maximum atomic E-state index is 12.8. The molecule has 0 spiro atoms. The molecule has 0 saturated heterocycles. The van der Waals surface area contributed by atoms with E-state index in [0.29, 0.717) is 31.1 Å². The van der Waals surface area contributed by atoms with Crippen molar-refractivity contribution in [2.45, 2.75) is 97.4 Å². The van der Waals surface area contributed by atoms with Crippen molar-refractivity contribution in [1.29, 1.82) is 0 Å². The first kappa shape index (κ1) is 39.0. The molecule has 0 aliphatic heterocycles. The van der Waals surface area contributed by atoms with E-state index in [4.69, 9.17) is 18.9 Å². The lowest BCUT2D eigenvalue weighted by molar-refractivity contribution is -0.137. The van der Waals surface area contributed by atoms with Crippen molar-refractivity contribution in [3.8, 4) is 28.4 Å². The Morgan fingerprint density at radius 3 is 1.51 bits per heavy atom. The Balaban J connectivity index is 1.05. The van der Waals surface area contributed by atoms with E-state index >= 15 is 0 Å². The number of carbonyl (C=O) groups excluding carboxylic acids is 2. The van der Waals surface area contributed by atoms with Crippen LogP contribution in [0.3, 0.4) is 0 Å². The maximum absolute atomic E-state index is 12.8. The summed E-state index contributed by atoms with van der Waals surface area (Å²) in [7, 11) is 0. The quantitative estimate of drug-likeness (QED) is 0.0315. The van der Waals surface area contributed by atoms with Crippen LogP contribution < -0.4 is 14.2 Å². The summed E-state index contributed by atoms with van der Waals surface area (Å²) in [5, 5.41) is 0. The standard InChI is InChI=1S/C44H55NO6/c1-4-43(46)50-32-15-11-9-7-5-6-8-10-14-30-48-41-25-21-39(22-26-41)44(47)51-42-27-19-38(20-28-42)37-17-23-40(24-18-37)49-31-16-12-13-29-45-33-35(2)36(3)34-45/h4,17-28,33-34H,1,5-16,29-32H2,2-3H3. The fourth-order valence-corrected chi connectivity index (χ4v) is 5.81. The number of unbranched alkanes of at least 4 members (excludes halogenated alkanes) is 10. The zero-order chi connectivity index (χ0) is 36.1. The minimum Gasteiger partial charge on any atom is -0.494 e. The van der Waals surface area contributed by atoms with Crippen LogP contribution in [0.4, 0.5) is 0 Å². The highest BCUT2D eigenvalue weighted by Gasteiger charge is 2.10. The number of aryl methyl sites for hydroxylation is 3. The van der Waals surface area contributed by atoms with Crippen molar-refractivity contribution < 1.29 is 28.5 Å². The van der Waals surface area contributed by atoms with Gasteiger partial charge in [-0.1, -0.05) is 75.8 Å². The molecule has 7 heteroatoms. The smallest absolute Gasteiger partial charge is 0.343 e. The van der Waals surface area contributed by atoms with E-state index in [1.165, 1.54) is 49.3 Å². The average molecular weight is 694 g/mol. The SMILES string of the molecule is C=CC(=O)OCCCCCCCCCCCOc1ccc(C(=O)Oc2ccc(-c3ccc(OCCCCCn4cc(C)c(C)c4)cc3)cc2)cc1. The van der Waals surface area contributed by atoms with E-state index in [9.17, 15) is 9.59 Å². The van der Waals surface area contributed by atoms with Gasteiger partial charge in [0.25, 0.3) is 0 Å². The van der Waals surface area contributed by atoms with Crippen LogP contribution in [-0.2, 0) is 16.1 Å². The third kappa shape index (κ3) is 14.5. The van der Waals surface area contributed by atoms with E-state index in [0.717, 1.165) is 74.1 Å². The van der Waals surface area contributed by atoms with E-state index < -0.39 is 5.97 Å². The predicted octanol–water partition coefficient (Wildman–Crippen LogP) is 10.9. The molecule has 0 aliphatic rings. The number of rotatable bonds is 24. The number of benzene rings is 3. The molecule has 0 unspecified atom stereocenters. The van der Waals surface area contributed by atoms with Crippen LogP contribution in [0.2, 0.25) is 0 Å². The van der Waals surface area contributed by atoms with Gasteiger partial charge in [0.05, 0.1) is 25.4 Å². The van der Waals surface area contributed by atoms with E-state index in [2.05, 4.69) is 49.5 Å². The van der Waals surface area contributed by atoms with Gasteiger partial charge in [0.15, 0.2) is 0 Å². The average Bonchev–Trinajstić information content (AvgIpc) is 3.48. The summed E-state index contributed by atoms with van der Waals surface area (Å²) in [6.45, 7) is 10.6. The minimum atomic E-state index is -0.401. The Hall–Kier alpha value is -4.78. The Kier molecular flexibility index (Phi) is 16.9. The third-order valence-electron chi connectivity index (χ3n) is 8.98. The number of carbonyl (C=O) groups is 2. The molecule has 0 amide bonds. The van der Waals surface area contributed by atoms with Crippen molar-refractivity contribution in [3.05, 3.63) is 115 Å². The van der Waals surface area contributed by atoms with Crippen molar-refractivity contribution in [2.24, 2.45) is 0 Å². The fourth-order valence-electron chi connectivity index (χ4n) is 5.81. The van der Waals surface area contributed by atoms with E-state index in [-0.39, 0.29) is 5.97 Å². The molecule has 0 N–H and O–H groups in total. The lowest BCUT2D eigenvalue weighted by Crippen LogP contribution is -2.08. The molecule has 4 rings (SSSR count). The van der Waals surface area contributed by atoms with Crippen molar-refractivity contribution in [3.63, 3.8) is 0 Å². The fraction of sp³-hybridized carbons (Fsp3) is 0.409. The number of aromatic nitrogens is 1. The van der Waals surface area contributed by atoms with Gasteiger partial charge in [0, 0.05) is 25.0 Å². The zero-order valence-electron chi connectivity index (χ0n) is 30.6. The summed E-state index contributed by atoms with van der Waals surface area (Å²) in [6.07, 6.45) is 19.1. The first-order valence-electron chi connectivity index (χ1n) is 18.6. The first-order chi connectivity index (χ1) is 24.9. The summed E-state index contributed by atoms with van der Waals surface area (Å²) in [4.78, 5) is 23.7. The van der Waals surface area contributed by atoms with Crippen LogP contribution in [-0.4, -0.2) is 36.3 Å². The van der Waals surface area contributed by atoms with Crippen molar-refractivity contribution in [2.75, 3.05) is 19.8 Å². The number of hydrogen-bond donors (Lipinski definition) is 0. The molecule has 4 aromatic rings. The summed E-state index contributed by atoms with van der Waals surface area (Å²) < 4.78 is 24.7.